The van der Waals surface area contributed by atoms with Gasteiger partial charge in [-0.15, -0.1) is 11.3 Å². The maximum atomic E-state index is 3.64. The van der Waals surface area contributed by atoms with Crippen LogP contribution in [0.1, 0.15) is 29.0 Å². The van der Waals surface area contributed by atoms with Crippen LogP contribution in [0.3, 0.4) is 0 Å². The van der Waals surface area contributed by atoms with E-state index in [0.29, 0.717) is 6.04 Å². The molecule has 1 aromatic carbocycles. The van der Waals surface area contributed by atoms with E-state index in [0.717, 1.165) is 13.0 Å². The molecule has 96 valence electrons. The van der Waals surface area contributed by atoms with Crippen molar-refractivity contribution in [3.63, 3.8) is 0 Å². The summed E-state index contributed by atoms with van der Waals surface area (Å²) in [6.45, 7) is 5.33. The summed E-state index contributed by atoms with van der Waals surface area (Å²) in [6.07, 6.45) is 1.04. The summed E-state index contributed by atoms with van der Waals surface area (Å²) in [7, 11) is 0. The molecule has 0 radical (unpaired) electrons. The topological polar surface area (TPSA) is 12.0 Å². The molecule has 1 nitrogen and oxygen atoms in total. The molecule has 2 rings (SSSR count). The van der Waals surface area contributed by atoms with E-state index in [9.17, 15) is 0 Å². The minimum atomic E-state index is 0.394. The molecule has 0 amide bonds. The smallest absolute Gasteiger partial charge is 0.0467 e. The second-order valence-electron chi connectivity index (χ2n) is 4.37. The molecule has 3 heteroatoms. The van der Waals surface area contributed by atoms with Gasteiger partial charge in [0.1, 0.15) is 0 Å². The van der Waals surface area contributed by atoms with Gasteiger partial charge in [-0.1, -0.05) is 31.2 Å². The minimum Gasteiger partial charge on any atom is -0.309 e. The lowest BCUT2D eigenvalue weighted by molar-refractivity contribution is 0.555. The first-order chi connectivity index (χ1) is 8.72. The van der Waals surface area contributed by atoms with E-state index in [4.69, 9.17) is 0 Å². The number of halogens is 1. The van der Waals surface area contributed by atoms with Crippen molar-refractivity contribution >= 4 is 27.3 Å². The van der Waals surface area contributed by atoms with Crippen LogP contribution in [-0.2, 0) is 6.42 Å². The lowest BCUT2D eigenvalue weighted by atomic mass is 10.0. The SMILES string of the molecule is CCNC(Cc1ccccc1C)c1sccc1Br. The first kappa shape index (κ1) is 13.8. The number of hydrogen-bond donors (Lipinski definition) is 1. The zero-order valence-electron chi connectivity index (χ0n) is 10.7. The second kappa shape index (κ2) is 6.50. The fourth-order valence-corrected chi connectivity index (χ4v) is 3.84. The Bertz CT molecular complexity index is 507. The van der Waals surface area contributed by atoms with E-state index >= 15 is 0 Å². The fourth-order valence-electron chi connectivity index (χ4n) is 2.12. The average molecular weight is 324 g/mol. The van der Waals surface area contributed by atoms with Crippen molar-refractivity contribution in [3.05, 3.63) is 56.2 Å². The standard InChI is InChI=1S/C15H18BrNS/c1-3-17-14(15-13(16)8-9-18-15)10-12-7-5-4-6-11(12)2/h4-9,14,17H,3,10H2,1-2H3. The molecule has 1 atom stereocenters. The number of thiophene rings is 1. The molecule has 0 saturated heterocycles. The lowest BCUT2D eigenvalue weighted by Gasteiger charge is -2.18. The van der Waals surface area contributed by atoms with E-state index in [-0.39, 0.29) is 0 Å². The van der Waals surface area contributed by atoms with Gasteiger partial charge < -0.3 is 5.32 Å². The number of benzene rings is 1. The predicted molar refractivity (Wildman–Crippen MR) is 83.3 cm³/mol. The van der Waals surface area contributed by atoms with Gasteiger partial charge in [-0.3, -0.25) is 0 Å². The number of aryl methyl sites for hydroxylation is 1. The van der Waals surface area contributed by atoms with Crippen molar-refractivity contribution < 1.29 is 0 Å². The highest BCUT2D eigenvalue weighted by atomic mass is 79.9. The number of nitrogens with one attached hydrogen (secondary N) is 1. The molecule has 0 bridgehead atoms. The van der Waals surface area contributed by atoms with Crippen LogP contribution in [0.5, 0.6) is 0 Å². The van der Waals surface area contributed by atoms with Gasteiger partial charge in [0.15, 0.2) is 0 Å². The average Bonchev–Trinajstić information content (AvgIpc) is 2.78. The highest BCUT2D eigenvalue weighted by Crippen LogP contribution is 2.31. The van der Waals surface area contributed by atoms with Crippen molar-refractivity contribution in [3.8, 4) is 0 Å². The summed E-state index contributed by atoms with van der Waals surface area (Å²) in [5.74, 6) is 0. The van der Waals surface area contributed by atoms with E-state index in [1.165, 1.54) is 20.5 Å². The molecule has 1 N–H and O–H groups in total. The van der Waals surface area contributed by atoms with E-state index < -0.39 is 0 Å². The second-order valence-corrected chi connectivity index (χ2v) is 6.18. The van der Waals surface area contributed by atoms with Crippen LogP contribution in [0.25, 0.3) is 0 Å². The summed E-state index contributed by atoms with van der Waals surface area (Å²) in [5, 5.41) is 5.72. The first-order valence-electron chi connectivity index (χ1n) is 6.23. The van der Waals surface area contributed by atoms with Crippen LogP contribution in [0.15, 0.2) is 40.2 Å². The van der Waals surface area contributed by atoms with Gasteiger partial charge in [-0.25, -0.2) is 0 Å². The molecular weight excluding hydrogens is 306 g/mol. The van der Waals surface area contributed by atoms with Crippen LogP contribution in [0, 0.1) is 6.92 Å². The third kappa shape index (κ3) is 3.22. The molecule has 2 aromatic rings. The molecule has 18 heavy (non-hydrogen) atoms. The van der Waals surface area contributed by atoms with Crippen LogP contribution in [-0.4, -0.2) is 6.54 Å². The molecule has 0 fully saturated rings. The summed E-state index contributed by atoms with van der Waals surface area (Å²) in [6, 6.07) is 11.1. The Labute approximate surface area is 121 Å². The zero-order chi connectivity index (χ0) is 13.0. The van der Waals surface area contributed by atoms with Crippen molar-refractivity contribution in [2.24, 2.45) is 0 Å². The largest absolute Gasteiger partial charge is 0.309 e. The zero-order valence-corrected chi connectivity index (χ0v) is 13.1. The Kier molecular flexibility index (Phi) is 4.98. The number of rotatable bonds is 5. The quantitative estimate of drug-likeness (QED) is 0.840. The van der Waals surface area contributed by atoms with Crippen molar-refractivity contribution in [2.75, 3.05) is 6.54 Å². The number of hydrogen-bond acceptors (Lipinski definition) is 2. The highest BCUT2D eigenvalue weighted by molar-refractivity contribution is 9.10. The molecule has 1 aromatic heterocycles. The molecule has 0 aliphatic heterocycles. The van der Waals surface area contributed by atoms with Gasteiger partial charge in [0.25, 0.3) is 0 Å². The summed E-state index contributed by atoms with van der Waals surface area (Å²) in [5.41, 5.74) is 2.79. The summed E-state index contributed by atoms with van der Waals surface area (Å²) < 4.78 is 1.21. The van der Waals surface area contributed by atoms with Crippen molar-refractivity contribution in [1.29, 1.82) is 0 Å². The van der Waals surface area contributed by atoms with Crippen LogP contribution < -0.4 is 5.32 Å². The molecular formula is C15H18BrNS. The Morgan fingerprint density at radius 3 is 2.67 bits per heavy atom. The molecule has 0 aliphatic carbocycles. The molecule has 1 unspecified atom stereocenters. The normalized spacial score (nSPS) is 12.6. The molecule has 1 heterocycles. The van der Waals surface area contributed by atoms with Gasteiger partial charge in [0.2, 0.25) is 0 Å². The number of likely N-dealkylation sites (N-methyl/N-ethyl adjacent to an activating group) is 1. The van der Waals surface area contributed by atoms with Gasteiger partial charge in [0.05, 0.1) is 0 Å². The van der Waals surface area contributed by atoms with E-state index in [1.807, 2.05) is 11.3 Å². The van der Waals surface area contributed by atoms with Gasteiger partial charge in [-0.2, -0.15) is 0 Å². The van der Waals surface area contributed by atoms with Gasteiger partial charge in [-0.05, 0) is 58.4 Å². The highest BCUT2D eigenvalue weighted by Gasteiger charge is 2.16. The van der Waals surface area contributed by atoms with Crippen LogP contribution in [0.4, 0.5) is 0 Å². The minimum absolute atomic E-state index is 0.394. The van der Waals surface area contributed by atoms with E-state index in [1.54, 1.807) is 0 Å². The fraction of sp³-hybridized carbons (Fsp3) is 0.333. The third-order valence-electron chi connectivity index (χ3n) is 3.10. The Morgan fingerprint density at radius 2 is 2.06 bits per heavy atom. The summed E-state index contributed by atoms with van der Waals surface area (Å²) >= 11 is 5.45. The first-order valence-corrected chi connectivity index (χ1v) is 7.90. The Hall–Kier alpha value is -0.640. The van der Waals surface area contributed by atoms with Gasteiger partial charge in [0, 0.05) is 15.4 Å². The maximum Gasteiger partial charge on any atom is 0.0467 e. The Morgan fingerprint density at radius 1 is 1.28 bits per heavy atom. The van der Waals surface area contributed by atoms with Crippen LogP contribution in [0.2, 0.25) is 0 Å². The van der Waals surface area contributed by atoms with Gasteiger partial charge >= 0.3 is 0 Å². The molecule has 0 aliphatic rings. The lowest BCUT2D eigenvalue weighted by Crippen LogP contribution is -2.22. The molecule has 0 saturated carbocycles. The predicted octanol–water partition coefficient (Wildman–Crippen LogP) is 4.71. The summed E-state index contributed by atoms with van der Waals surface area (Å²) in [4.78, 5) is 1.39. The van der Waals surface area contributed by atoms with Crippen LogP contribution >= 0.6 is 27.3 Å². The third-order valence-corrected chi connectivity index (χ3v) is 5.08. The maximum absolute atomic E-state index is 3.64. The molecule has 0 spiro atoms. The van der Waals surface area contributed by atoms with Crippen molar-refractivity contribution in [1.82, 2.24) is 5.32 Å². The monoisotopic (exact) mass is 323 g/mol. The van der Waals surface area contributed by atoms with Crippen molar-refractivity contribution in [2.45, 2.75) is 26.3 Å². The van der Waals surface area contributed by atoms with E-state index in [2.05, 4.69) is 70.8 Å². The Balaban J connectivity index is 2.22.